The molecule has 0 N–H and O–H groups in total. The molecule has 1 aromatic heterocycles. The van der Waals surface area contributed by atoms with E-state index < -0.39 is 0 Å². The Balaban J connectivity index is 2.16. The first-order valence-electron chi connectivity index (χ1n) is 7.18. The van der Waals surface area contributed by atoms with Crippen molar-refractivity contribution in [2.45, 2.75) is 65.2 Å². The summed E-state index contributed by atoms with van der Waals surface area (Å²) in [5.74, 6) is 1.13. The van der Waals surface area contributed by atoms with Crippen LogP contribution in [0, 0.1) is 6.92 Å². The number of Topliss-reactive ketones (excluding diaryl/α,β-unsaturated/α-hetero) is 1. The van der Waals surface area contributed by atoms with E-state index in [9.17, 15) is 4.79 Å². The third-order valence-corrected chi connectivity index (χ3v) is 3.51. The predicted molar refractivity (Wildman–Crippen MR) is 74.9 cm³/mol. The number of hydrogen-bond acceptors (Lipinski definition) is 2. The Bertz CT molecular complexity index is 369. The number of unbranched alkanes of at least 4 members (excludes halogenated alkanes) is 6. The number of imidazole rings is 1. The second-order valence-electron chi connectivity index (χ2n) is 5.04. The highest BCUT2D eigenvalue weighted by atomic mass is 16.1. The van der Waals surface area contributed by atoms with Gasteiger partial charge >= 0.3 is 0 Å². The molecule has 0 bridgehead atoms. The minimum atomic E-state index is 0.228. The van der Waals surface area contributed by atoms with Crippen LogP contribution in [0.4, 0.5) is 0 Å². The maximum absolute atomic E-state index is 12.0. The Hall–Kier alpha value is -1.12. The van der Waals surface area contributed by atoms with Crippen LogP contribution in [0.15, 0.2) is 6.20 Å². The molecule has 3 heteroatoms. The fourth-order valence-corrected chi connectivity index (χ4v) is 2.13. The lowest BCUT2D eigenvalue weighted by molar-refractivity contribution is 0.0971. The number of carbonyl (C=O) groups excluding carboxylic acids is 1. The van der Waals surface area contributed by atoms with Crippen molar-refractivity contribution in [1.82, 2.24) is 9.55 Å². The van der Waals surface area contributed by atoms with Gasteiger partial charge in [-0.05, 0) is 13.3 Å². The van der Waals surface area contributed by atoms with Crippen molar-refractivity contribution < 1.29 is 4.79 Å². The number of hydrogen-bond donors (Lipinski definition) is 0. The van der Waals surface area contributed by atoms with E-state index in [-0.39, 0.29) is 5.78 Å². The van der Waals surface area contributed by atoms with Crippen LogP contribution >= 0.6 is 0 Å². The molecule has 0 spiro atoms. The molecule has 0 fully saturated rings. The SMILES string of the molecule is CCCCCCCCCC(=O)c1cnc(C)n1C. The molecule has 0 aromatic carbocycles. The van der Waals surface area contributed by atoms with Crippen LogP contribution in [-0.4, -0.2) is 15.3 Å². The van der Waals surface area contributed by atoms with E-state index >= 15 is 0 Å². The molecule has 0 aliphatic heterocycles. The van der Waals surface area contributed by atoms with Crippen LogP contribution in [0.3, 0.4) is 0 Å². The molecule has 102 valence electrons. The Kier molecular flexibility index (Phi) is 6.69. The van der Waals surface area contributed by atoms with E-state index in [1.54, 1.807) is 6.20 Å². The highest BCUT2D eigenvalue weighted by Gasteiger charge is 2.11. The fraction of sp³-hybridized carbons (Fsp3) is 0.733. The number of aromatic nitrogens is 2. The first-order chi connectivity index (χ1) is 8.66. The predicted octanol–water partition coefficient (Wildman–Crippen LogP) is 4.05. The highest BCUT2D eigenvalue weighted by molar-refractivity contribution is 5.94. The molecule has 1 aromatic rings. The summed E-state index contributed by atoms with van der Waals surface area (Å²) in [6, 6.07) is 0. The molecule has 0 aliphatic carbocycles. The molecule has 0 saturated heterocycles. The van der Waals surface area contributed by atoms with E-state index in [1.165, 1.54) is 38.5 Å². The summed E-state index contributed by atoms with van der Waals surface area (Å²) >= 11 is 0. The molecule has 0 unspecified atom stereocenters. The smallest absolute Gasteiger partial charge is 0.180 e. The Morgan fingerprint density at radius 1 is 1.17 bits per heavy atom. The van der Waals surface area contributed by atoms with Gasteiger partial charge in [0.2, 0.25) is 0 Å². The van der Waals surface area contributed by atoms with Gasteiger partial charge < -0.3 is 4.57 Å². The van der Waals surface area contributed by atoms with E-state index in [0.29, 0.717) is 6.42 Å². The molecule has 1 heterocycles. The van der Waals surface area contributed by atoms with Crippen LogP contribution in [0.25, 0.3) is 0 Å². The van der Waals surface area contributed by atoms with Crippen molar-refractivity contribution in [3.8, 4) is 0 Å². The molecular weight excluding hydrogens is 224 g/mol. The van der Waals surface area contributed by atoms with Gasteiger partial charge in [-0.1, -0.05) is 45.4 Å². The van der Waals surface area contributed by atoms with Crippen LogP contribution < -0.4 is 0 Å². The van der Waals surface area contributed by atoms with Crippen LogP contribution in [0.2, 0.25) is 0 Å². The number of nitrogens with zero attached hydrogens (tertiary/aromatic N) is 2. The number of ketones is 1. The van der Waals surface area contributed by atoms with Gasteiger partial charge in [0.05, 0.1) is 6.20 Å². The van der Waals surface area contributed by atoms with Gasteiger partial charge in [-0.25, -0.2) is 4.98 Å². The molecule has 3 nitrogen and oxygen atoms in total. The third-order valence-electron chi connectivity index (χ3n) is 3.51. The van der Waals surface area contributed by atoms with E-state index in [2.05, 4.69) is 11.9 Å². The van der Waals surface area contributed by atoms with Gasteiger partial charge in [0, 0.05) is 13.5 Å². The standard InChI is InChI=1S/C15H26N2O/c1-4-5-6-7-8-9-10-11-15(18)14-12-16-13(2)17(14)3/h12H,4-11H2,1-3H3. The quantitative estimate of drug-likeness (QED) is 0.489. The van der Waals surface area contributed by atoms with Crippen LogP contribution in [-0.2, 0) is 7.05 Å². The normalized spacial score (nSPS) is 10.8. The first-order valence-corrected chi connectivity index (χ1v) is 7.18. The summed E-state index contributed by atoms with van der Waals surface area (Å²) in [6.45, 7) is 4.15. The summed E-state index contributed by atoms with van der Waals surface area (Å²) in [5.41, 5.74) is 0.749. The number of carbonyl (C=O) groups is 1. The molecule has 0 saturated carbocycles. The van der Waals surface area contributed by atoms with Crippen molar-refractivity contribution >= 4 is 5.78 Å². The molecule has 0 amide bonds. The van der Waals surface area contributed by atoms with Gasteiger partial charge in [0.15, 0.2) is 5.78 Å². The lowest BCUT2D eigenvalue weighted by atomic mass is 10.1. The van der Waals surface area contributed by atoms with Crippen molar-refractivity contribution in [2.24, 2.45) is 7.05 Å². The average molecular weight is 250 g/mol. The van der Waals surface area contributed by atoms with Crippen molar-refractivity contribution in [2.75, 3.05) is 0 Å². The number of rotatable bonds is 9. The van der Waals surface area contributed by atoms with Crippen LogP contribution in [0.1, 0.15) is 74.6 Å². The molecular formula is C15H26N2O. The second-order valence-corrected chi connectivity index (χ2v) is 5.04. The van der Waals surface area contributed by atoms with Crippen molar-refractivity contribution in [3.63, 3.8) is 0 Å². The summed E-state index contributed by atoms with van der Waals surface area (Å²) in [4.78, 5) is 16.1. The maximum Gasteiger partial charge on any atom is 0.180 e. The second kappa shape index (κ2) is 8.06. The van der Waals surface area contributed by atoms with Gasteiger partial charge in [-0.15, -0.1) is 0 Å². The monoisotopic (exact) mass is 250 g/mol. The van der Waals surface area contributed by atoms with Gasteiger partial charge in [0.1, 0.15) is 11.5 Å². The minimum absolute atomic E-state index is 0.228. The fourth-order valence-electron chi connectivity index (χ4n) is 2.13. The van der Waals surface area contributed by atoms with Gasteiger partial charge in [-0.2, -0.15) is 0 Å². The first kappa shape index (κ1) is 14.9. The summed E-state index contributed by atoms with van der Waals surface area (Å²) in [7, 11) is 1.90. The summed E-state index contributed by atoms with van der Waals surface area (Å²) in [6.07, 6.45) is 11.1. The van der Waals surface area contributed by atoms with E-state index in [0.717, 1.165) is 17.9 Å². The highest BCUT2D eigenvalue weighted by Crippen LogP contribution is 2.11. The van der Waals surface area contributed by atoms with Gasteiger partial charge in [0.25, 0.3) is 0 Å². The van der Waals surface area contributed by atoms with E-state index in [1.807, 2.05) is 18.5 Å². The van der Waals surface area contributed by atoms with Crippen molar-refractivity contribution in [3.05, 3.63) is 17.7 Å². The Morgan fingerprint density at radius 2 is 1.78 bits per heavy atom. The average Bonchev–Trinajstić information content (AvgIpc) is 2.69. The zero-order chi connectivity index (χ0) is 13.4. The van der Waals surface area contributed by atoms with Gasteiger partial charge in [-0.3, -0.25) is 4.79 Å². The molecule has 0 radical (unpaired) electrons. The summed E-state index contributed by atoms with van der Waals surface area (Å²) < 4.78 is 1.88. The topological polar surface area (TPSA) is 34.9 Å². The zero-order valence-electron chi connectivity index (χ0n) is 12.0. The molecule has 1 rings (SSSR count). The minimum Gasteiger partial charge on any atom is -0.329 e. The maximum atomic E-state index is 12.0. The Morgan fingerprint density at radius 3 is 2.33 bits per heavy atom. The number of aryl methyl sites for hydroxylation is 1. The summed E-state index contributed by atoms with van der Waals surface area (Å²) in [5, 5.41) is 0. The lowest BCUT2D eigenvalue weighted by Gasteiger charge is -2.03. The van der Waals surface area contributed by atoms with Crippen molar-refractivity contribution in [1.29, 1.82) is 0 Å². The zero-order valence-corrected chi connectivity index (χ0v) is 12.0. The van der Waals surface area contributed by atoms with Crippen LogP contribution in [0.5, 0.6) is 0 Å². The molecule has 0 aliphatic rings. The largest absolute Gasteiger partial charge is 0.329 e. The lowest BCUT2D eigenvalue weighted by Crippen LogP contribution is -2.06. The Labute approximate surface area is 111 Å². The third kappa shape index (κ3) is 4.63. The molecule has 0 atom stereocenters. The van der Waals surface area contributed by atoms with E-state index in [4.69, 9.17) is 0 Å². The molecule has 18 heavy (non-hydrogen) atoms.